The second-order valence-electron chi connectivity index (χ2n) is 8.48. The fraction of sp³-hybridized carbons (Fsp3) is 0.600. The van der Waals surface area contributed by atoms with E-state index in [0.29, 0.717) is 18.3 Å². The smallest absolute Gasteiger partial charge is 0.312 e. The molecule has 2 N–H and O–H groups in total. The molecule has 4 aliphatic carbocycles. The highest BCUT2D eigenvalue weighted by atomic mass is 19.1. The van der Waals surface area contributed by atoms with Crippen LogP contribution in [0.25, 0.3) is 0 Å². The number of para-hydroxylation sites is 1. The lowest BCUT2D eigenvalue weighted by Gasteiger charge is -2.58. The largest absolute Gasteiger partial charge is 0.452 e. The van der Waals surface area contributed by atoms with Crippen molar-refractivity contribution in [3.8, 4) is 0 Å². The van der Waals surface area contributed by atoms with Gasteiger partial charge in [0, 0.05) is 0 Å². The SMILES string of the molecule is C[C@H](OC(=O)C12C[C@H]3C[C@@H](CC(O)(C3)C1)C2)C(=O)Nc1ccccc1F. The van der Waals surface area contributed by atoms with E-state index in [4.69, 9.17) is 4.74 Å². The van der Waals surface area contributed by atoms with Gasteiger partial charge in [-0.15, -0.1) is 0 Å². The molecule has 0 aliphatic heterocycles. The van der Waals surface area contributed by atoms with Gasteiger partial charge in [-0.3, -0.25) is 9.59 Å². The van der Waals surface area contributed by atoms with E-state index in [1.807, 2.05) is 0 Å². The minimum Gasteiger partial charge on any atom is -0.452 e. The summed E-state index contributed by atoms with van der Waals surface area (Å²) in [6.45, 7) is 1.49. The summed E-state index contributed by atoms with van der Waals surface area (Å²) in [6, 6.07) is 5.86. The van der Waals surface area contributed by atoms with Gasteiger partial charge in [-0.25, -0.2) is 4.39 Å². The van der Waals surface area contributed by atoms with Gasteiger partial charge in [-0.2, -0.15) is 0 Å². The Morgan fingerprint density at radius 1 is 1.23 bits per heavy atom. The van der Waals surface area contributed by atoms with E-state index in [9.17, 15) is 19.1 Å². The first-order valence-electron chi connectivity index (χ1n) is 9.27. The Kier molecular flexibility index (Phi) is 4.06. The van der Waals surface area contributed by atoms with Crippen LogP contribution in [0.4, 0.5) is 10.1 Å². The van der Waals surface area contributed by atoms with Crippen molar-refractivity contribution in [2.75, 3.05) is 5.32 Å². The third-order valence-corrected chi connectivity index (χ3v) is 6.25. The van der Waals surface area contributed by atoms with Crippen LogP contribution in [0.5, 0.6) is 0 Å². The zero-order valence-electron chi connectivity index (χ0n) is 14.8. The number of nitrogens with one attached hydrogen (secondary N) is 1. The maximum absolute atomic E-state index is 13.7. The maximum Gasteiger partial charge on any atom is 0.312 e. The van der Waals surface area contributed by atoms with E-state index < -0.39 is 34.8 Å². The molecule has 4 bridgehead atoms. The van der Waals surface area contributed by atoms with Crippen LogP contribution in [0.3, 0.4) is 0 Å². The summed E-state index contributed by atoms with van der Waals surface area (Å²) in [7, 11) is 0. The van der Waals surface area contributed by atoms with E-state index in [0.717, 1.165) is 32.1 Å². The van der Waals surface area contributed by atoms with Crippen molar-refractivity contribution >= 4 is 17.6 Å². The highest BCUT2D eigenvalue weighted by Gasteiger charge is 2.61. The number of benzene rings is 1. The van der Waals surface area contributed by atoms with E-state index in [1.54, 1.807) is 6.07 Å². The Balaban J connectivity index is 1.43. The van der Waals surface area contributed by atoms with Gasteiger partial charge in [0.15, 0.2) is 6.10 Å². The normalized spacial score (nSPS) is 35.8. The van der Waals surface area contributed by atoms with Crippen molar-refractivity contribution in [3.63, 3.8) is 0 Å². The lowest BCUT2D eigenvalue weighted by atomic mass is 9.48. The third kappa shape index (κ3) is 3.00. The minimum atomic E-state index is -1.02. The molecular weight excluding hydrogens is 337 g/mol. The van der Waals surface area contributed by atoms with Crippen molar-refractivity contribution < 1.29 is 23.8 Å². The number of hydrogen-bond acceptors (Lipinski definition) is 4. The first-order valence-corrected chi connectivity index (χ1v) is 9.27. The number of halogens is 1. The zero-order chi connectivity index (χ0) is 18.5. The molecule has 0 aromatic heterocycles. The van der Waals surface area contributed by atoms with Gasteiger partial charge >= 0.3 is 5.97 Å². The molecular formula is C20H24FNO4. The number of anilines is 1. The second-order valence-corrected chi connectivity index (χ2v) is 8.48. The number of rotatable bonds is 4. The van der Waals surface area contributed by atoms with Gasteiger partial charge in [0.25, 0.3) is 5.91 Å². The number of ether oxygens (including phenoxy) is 1. The summed E-state index contributed by atoms with van der Waals surface area (Å²) in [5.41, 5.74) is -1.38. The average molecular weight is 361 g/mol. The molecule has 1 amide bonds. The van der Waals surface area contributed by atoms with Crippen molar-refractivity contribution in [1.82, 2.24) is 0 Å². The van der Waals surface area contributed by atoms with Gasteiger partial charge in [0.1, 0.15) is 5.82 Å². The summed E-state index contributed by atoms with van der Waals surface area (Å²) in [4.78, 5) is 25.2. The standard InChI is InChI=1S/C20H24FNO4/c1-12(17(23)22-16-5-3-2-4-15(16)21)26-18(24)19-7-13-6-14(8-19)10-20(25,9-13)11-19/h2-5,12-14,25H,6-11H2,1H3,(H,22,23)/t12-,13+,14+,19?,20?/m0/s1. The van der Waals surface area contributed by atoms with Gasteiger partial charge in [-0.1, -0.05) is 12.1 Å². The molecule has 4 fully saturated rings. The summed E-state index contributed by atoms with van der Waals surface area (Å²) >= 11 is 0. The third-order valence-electron chi connectivity index (χ3n) is 6.25. The molecule has 5 nitrogen and oxygen atoms in total. The first kappa shape index (κ1) is 17.5. The predicted molar refractivity (Wildman–Crippen MR) is 92.6 cm³/mol. The van der Waals surface area contributed by atoms with Crippen LogP contribution in [0.15, 0.2) is 24.3 Å². The molecule has 1 aromatic carbocycles. The van der Waals surface area contributed by atoms with Crippen LogP contribution < -0.4 is 5.32 Å². The number of carbonyl (C=O) groups excluding carboxylic acids is 2. The van der Waals surface area contributed by atoms with Crippen LogP contribution in [0.1, 0.15) is 45.4 Å². The molecule has 4 aliphatic rings. The molecule has 1 aromatic rings. The van der Waals surface area contributed by atoms with Crippen LogP contribution >= 0.6 is 0 Å². The number of carbonyl (C=O) groups is 2. The van der Waals surface area contributed by atoms with Gasteiger partial charge < -0.3 is 15.2 Å². The molecule has 0 radical (unpaired) electrons. The first-order chi connectivity index (χ1) is 12.3. The van der Waals surface area contributed by atoms with Crippen molar-refractivity contribution in [1.29, 1.82) is 0 Å². The summed E-state index contributed by atoms with van der Waals surface area (Å²) in [6.07, 6.45) is 3.46. The number of hydrogen-bond donors (Lipinski definition) is 2. The Hall–Kier alpha value is -1.95. The number of esters is 1. The van der Waals surface area contributed by atoms with Crippen molar-refractivity contribution in [2.24, 2.45) is 17.3 Å². The maximum atomic E-state index is 13.7. The van der Waals surface area contributed by atoms with Crippen molar-refractivity contribution in [2.45, 2.75) is 57.2 Å². The van der Waals surface area contributed by atoms with Crippen LogP contribution in [0.2, 0.25) is 0 Å². The molecule has 0 spiro atoms. The van der Waals surface area contributed by atoms with Gasteiger partial charge in [-0.05, 0) is 69.4 Å². The minimum absolute atomic E-state index is 0.0597. The zero-order valence-corrected chi connectivity index (χ0v) is 14.8. The molecule has 6 heteroatoms. The number of aliphatic hydroxyl groups is 1. The van der Waals surface area contributed by atoms with Gasteiger partial charge in [0.2, 0.25) is 0 Å². The van der Waals surface area contributed by atoms with Crippen LogP contribution in [0, 0.1) is 23.1 Å². The summed E-state index contributed by atoms with van der Waals surface area (Å²) in [5.74, 6) is -0.788. The Bertz CT molecular complexity index is 735. The molecule has 5 rings (SSSR count). The van der Waals surface area contributed by atoms with E-state index in [1.165, 1.54) is 25.1 Å². The van der Waals surface area contributed by atoms with Crippen molar-refractivity contribution in [3.05, 3.63) is 30.1 Å². The lowest BCUT2D eigenvalue weighted by Crippen LogP contribution is -2.59. The highest BCUT2D eigenvalue weighted by Crippen LogP contribution is 2.62. The van der Waals surface area contributed by atoms with Gasteiger partial charge in [0.05, 0.1) is 16.7 Å². The highest BCUT2D eigenvalue weighted by molar-refractivity contribution is 5.95. The predicted octanol–water partition coefficient (Wildman–Crippen LogP) is 3.03. The molecule has 0 saturated heterocycles. The summed E-state index contributed by atoms with van der Waals surface area (Å²) in [5, 5.41) is 13.2. The van der Waals surface area contributed by atoms with E-state index in [2.05, 4.69) is 5.32 Å². The average Bonchev–Trinajstić information content (AvgIpc) is 2.54. The molecule has 140 valence electrons. The van der Waals surface area contributed by atoms with E-state index >= 15 is 0 Å². The molecule has 3 atom stereocenters. The Morgan fingerprint density at radius 2 is 1.88 bits per heavy atom. The topological polar surface area (TPSA) is 75.6 Å². The molecule has 26 heavy (non-hydrogen) atoms. The Morgan fingerprint density at radius 3 is 2.50 bits per heavy atom. The molecule has 4 saturated carbocycles. The molecule has 0 unspecified atom stereocenters. The van der Waals surface area contributed by atoms with Crippen LogP contribution in [-0.2, 0) is 14.3 Å². The fourth-order valence-corrected chi connectivity index (χ4v) is 5.59. The second kappa shape index (κ2) is 6.05. The lowest BCUT2D eigenvalue weighted by molar-refractivity contribution is -0.199. The van der Waals surface area contributed by atoms with E-state index in [-0.39, 0.29) is 5.69 Å². The van der Waals surface area contributed by atoms with Crippen LogP contribution in [-0.4, -0.2) is 28.7 Å². The quantitative estimate of drug-likeness (QED) is 0.809. The fourth-order valence-electron chi connectivity index (χ4n) is 5.59. The molecule has 0 heterocycles. The summed E-state index contributed by atoms with van der Waals surface area (Å²) < 4.78 is 19.1. The Labute approximate surface area is 151 Å². The monoisotopic (exact) mass is 361 g/mol. The number of amides is 1.